The minimum Gasteiger partial charge on any atom is -0.399 e. The summed E-state index contributed by atoms with van der Waals surface area (Å²) in [5, 5.41) is 2.91. The summed E-state index contributed by atoms with van der Waals surface area (Å²) >= 11 is 0. The lowest BCUT2D eigenvalue weighted by molar-refractivity contribution is -0.116. The average molecular weight is 291 g/mol. The summed E-state index contributed by atoms with van der Waals surface area (Å²) in [6.45, 7) is 8.45. The molecule has 0 bridgehead atoms. The van der Waals surface area contributed by atoms with Crippen LogP contribution < -0.4 is 11.1 Å². The fourth-order valence-corrected chi connectivity index (χ4v) is 2.23. The number of nitrogen functional groups attached to an aromatic ring is 1. The number of benzene rings is 1. The molecule has 21 heavy (non-hydrogen) atoms. The van der Waals surface area contributed by atoms with Crippen molar-refractivity contribution in [1.82, 2.24) is 4.90 Å². The van der Waals surface area contributed by atoms with Crippen LogP contribution in [0.2, 0.25) is 0 Å². The minimum absolute atomic E-state index is 0.0564. The molecule has 0 aliphatic carbocycles. The molecule has 0 saturated heterocycles. The first kappa shape index (κ1) is 17.5. The Morgan fingerprint density at radius 3 is 2.43 bits per heavy atom. The van der Waals surface area contributed by atoms with Gasteiger partial charge in [-0.3, -0.25) is 4.79 Å². The summed E-state index contributed by atoms with van der Waals surface area (Å²) in [4.78, 5) is 14.4. The van der Waals surface area contributed by atoms with Crippen molar-refractivity contribution in [3.05, 3.63) is 24.3 Å². The largest absolute Gasteiger partial charge is 0.399 e. The molecule has 0 heterocycles. The highest BCUT2D eigenvalue weighted by atomic mass is 16.1. The average Bonchev–Trinajstić information content (AvgIpc) is 2.44. The normalized spacial score (nSPS) is 11.1. The second-order valence-corrected chi connectivity index (χ2v) is 5.76. The molecule has 1 aromatic carbocycles. The third-order valence-electron chi connectivity index (χ3n) is 3.60. The van der Waals surface area contributed by atoms with Crippen LogP contribution in [0.3, 0.4) is 0 Å². The van der Waals surface area contributed by atoms with Crippen molar-refractivity contribution in [1.29, 1.82) is 0 Å². The molecule has 118 valence electrons. The van der Waals surface area contributed by atoms with Gasteiger partial charge in [-0.25, -0.2) is 0 Å². The number of anilines is 2. The van der Waals surface area contributed by atoms with Crippen molar-refractivity contribution < 1.29 is 4.79 Å². The first-order chi connectivity index (χ1) is 10.0. The topological polar surface area (TPSA) is 58.4 Å². The van der Waals surface area contributed by atoms with E-state index in [1.54, 1.807) is 12.1 Å². The summed E-state index contributed by atoms with van der Waals surface area (Å²) in [6, 6.07) is 7.72. The molecule has 0 aliphatic rings. The molecule has 0 unspecified atom stereocenters. The van der Waals surface area contributed by atoms with Crippen LogP contribution in [0.1, 0.15) is 46.5 Å². The number of nitrogens with two attached hydrogens (primary N) is 1. The van der Waals surface area contributed by atoms with Gasteiger partial charge in [0.25, 0.3) is 0 Å². The van der Waals surface area contributed by atoms with E-state index in [1.165, 1.54) is 19.3 Å². The smallest absolute Gasteiger partial charge is 0.225 e. The summed E-state index contributed by atoms with van der Waals surface area (Å²) < 4.78 is 0. The van der Waals surface area contributed by atoms with Gasteiger partial charge in [-0.15, -0.1) is 0 Å². The Labute approximate surface area is 128 Å². The molecule has 0 saturated carbocycles. The number of amides is 1. The maximum absolute atomic E-state index is 12.0. The van der Waals surface area contributed by atoms with E-state index in [4.69, 9.17) is 5.73 Å². The maximum atomic E-state index is 12.0. The quantitative estimate of drug-likeness (QED) is 0.541. The number of nitrogens with one attached hydrogen (secondary N) is 1. The van der Waals surface area contributed by atoms with Crippen LogP contribution in [0.4, 0.5) is 11.4 Å². The molecular weight excluding hydrogens is 262 g/mol. The second kappa shape index (κ2) is 9.40. The van der Waals surface area contributed by atoms with Gasteiger partial charge >= 0.3 is 0 Å². The molecule has 1 aromatic rings. The molecule has 0 aromatic heterocycles. The second-order valence-electron chi connectivity index (χ2n) is 5.76. The Morgan fingerprint density at radius 2 is 1.86 bits per heavy atom. The zero-order valence-corrected chi connectivity index (χ0v) is 13.6. The molecule has 3 N–H and O–H groups in total. The lowest BCUT2D eigenvalue weighted by atomic mass is 10.2. The van der Waals surface area contributed by atoms with Gasteiger partial charge in [0.05, 0.1) is 0 Å². The van der Waals surface area contributed by atoms with Crippen LogP contribution >= 0.6 is 0 Å². The fourth-order valence-electron chi connectivity index (χ4n) is 2.23. The third-order valence-corrected chi connectivity index (χ3v) is 3.60. The Bertz CT molecular complexity index is 415. The van der Waals surface area contributed by atoms with Crippen molar-refractivity contribution in [2.24, 2.45) is 0 Å². The summed E-state index contributed by atoms with van der Waals surface area (Å²) in [7, 11) is 0. The van der Waals surface area contributed by atoms with Gasteiger partial charge in [0.1, 0.15) is 0 Å². The third kappa shape index (κ3) is 7.14. The molecule has 0 atom stereocenters. The summed E-state index contributed by atoms with van der Waals surface area (Å²) in [6.07, 6.45) is 4.20. The van der Waals surface area contributed by atoms with E-state index in [0.29, 0.717) is 18.2 Å². The van der Waals surface area contributed by atoms with Gasteiger partial charge < -0.3 is 16.0 Å². The van der Waals surface area contributed by atoms with Crippen LogP contribution in [-0.2, 0) is 4.79 Å². The Balaban J connectivity index is 2.36. The molecule has 0 radical (unpaired) electrons. The lowest BCUT2D eigenvalue weighted by Gasteiger charge is -2.26. The predicted molar refractivity (Wildman–Crippen MR) is 90.3 cm³/mol. The van der Waals surface area contributed by atoms with Crippen LogP contribution in [0.15, 0.2) is 24.3 Å². The monoisotopic (exact) mass is 291 g/mol. The molecule has 0 fully saturated rings. The highest BCUT2D eigenvalue weighted by molar-refractivity contribution is 5.90. The first-order valence-corrected chi connectivity index (χ1v) is 7.92. The highest BCUT2D eigenvalue weighted by Gasteiger charge is 2.11. The number of nitrogens with zero attached hydrogens (tertiary/aromatic N) is 1. The fraction of sp³-hybridized carbons (Fsp3) is 0.588. The van der Waals surface area contributed by atoms with Crippen molar-refractivity contribution in [3.63, 3.8) is 0 Å². The van der Waals surface area contributed by atoms with E-state index in [-0.39, 0.29) is 5.91 Å². The molecule has 0 aliphatic heterocycles. The predicted octanol–water partition coefficient (Wildman–Crippen LogP) is 3.50. The van der Waals surface area contributed by atoms with Gasteiger partial charge in [0.15, 0.2) is 0 Å². The standard InChI is InChI=1S/C17H29N3O/c1-4-5-6-12-20(14(2)3)13-11-17(21)19-16-9-7-15(18)8-10-16/h7-10,14H,4-6,11-13,18H2,1-3H3,(H,19,21). The molecule has 1 rings (SSSR count). The minimum atomic E-state index is 0.0564. The van der Waals surface area contributed by atoms with Crippen LogP contribution in [-0.4, -0.2) is 29.9 Å². The lowest BCUT2D eigenvalue weighted by Crippen LogP contribution is -2.34. The van der Waals surface area contributed by atoms with E-state index < -0.39 is 0 Å². The number of carbonyl (C=O) groups is 1. The Kier molecular flexibility index (Phi) is 7.83. The van der Waals surface area contributed by atoms with Gasteiger partial charge in [-0.1, -0.05) is 19.8 Å². The summed E-state index contributed by atoms with van der Waals surface area (Å²) in [5.41, 5.74) is 7.13. The van der Waals surface area contributed by atoms with Gasteiger partial charge in [0, 0.05) is 30.4 Å². The van der Waals surface area contributed by atoms with Crippen molar-refractivity contribution >= 4 is 17.3 Å². The Hall–Kier alpha value is -1.55. The van der Waals surface area contributed by atoms with E-state index >= 15 is 0 Å². The number of hydrogen-bond acceptors (Lipinski definition) is 3. The summed E-state index contributed by atoms with van der Waals surface area (Å²) in [5.74, 6) is 0.0564. The molecule has 0 spiro atoms. The van der Waals surface area contributed by atoms with Crippen LogP contribution in [0, 0.1) is 0 Å². The van der Waals surface area contributed by atoms with E-state index in [2.05, 4.69) is 31.0 Å². The van der Waals surface area contributed by atoms with Gasteiger partial charge in [-0.2, -0.15) is 0 Å². The van der Waals surface area contributed by atoms with Crippen molar-refractivity contribution in [2.75, 3.05) is 24.1 Å². The van der Waals surface area contributed by atoms with Crippen LogP contribution in [0.25, 0.3) is 0 Å². The molecule has 4 heteroatoms. The van der Waals surface area contributed by atoms with E-state index in [0.717, 1.165) is 18.8 Å². The number of carbonyl (C=O) groups excluding carboxylic acids is 1. The molecular formula is C17H29N3O. The molecule has 4 nitrogen and oxygen atoms in total. The van der Waals surface area contributed by atoms with Crippen molar-refractivity contribution in [3.8, 4) is 0 Å². The zero-order chi connectivity index (χ0) is 15.7. The number of unbranched alkanes of at least 4 members (excludes halogenated alkanes) is 2. The SMILES string of the molecule is CCCCCN(CCC(=O)Nc1ccc(N)cc1)C(C)C. The molecule has 1 amide bonds. The van der Waals surface area contributed by atoms with E-state index in [1.807, 2.05) is 12.1 Å². The maximum Gasteiger partial charge on any atom is 0.225 e. The zero-order valence-electron chi connectivity index (χ0n) is 13.6. The number of hydrogen-bond donors (Lipinski definition) is 2. The van der Waals surface area contributed by atoms with Gasteiger partial charge in [0.2, 0.25) is 5.91 Å². The van der Waals surface area contributed by atoms with Gasteiger partial charge in [-0.05, 0) is 51.1 Å². The first-order valence-electron chi connectivity index (χ1n) is 7.92. The number of rotatable bonds is 9. The van der Waals surface area contributed by atoms with Crippen molar-refractivity contribution in [2.45, 2.75) is 52.5 Å². The van der Waals surface area contributed by atoms with E-state index in [9.17, 15) is 4.79 Å². The highest BCUT2D eigenvalue weighted by Crippen LogP contribution is 2.11. The van der Waals surface area contributed by atoms with Crippen LogP contribution in [0.5, 0.6) is 0 Å². The Morgan fingerprint density at radius 1 is 1.19 bits per heavy atom.